The first kappa shape index (κ1) is 17.0. The zero-order valence-electron chi connectivity index (χ0n) is 14.8. The number of aromatic amines is 1. The number of pyridine rings is 1. The van der Waals surface area contributed by atoms with Crippen LogP contribution < -0.4 is 10.9 Å². The Morgan fingerprint density at radius 3 is 2.48 bits per heavy atom. The van der Waals surface area contributed by atoms with E-state index in [1.165, 1.54) is 0 Å². The van der Waals surface area contributed by atoms with Crippen LogP contribution >= 0.6 is 0 Å². The maximum atomic E-state index is 12.3. The second kappa shape index (κ2) is 6.93. The highest BCUT2D eigenvalue weighted by Crippen LogP contribution is 2.18. The number of hydrogen-bond acceptors (Lipinski definition) is 2. The summed E-state index contributed by atoms with van der Waals surface area (Å²) in [6.07, 6.45) is 0.496. The molecule has 2 aromatic carbocycles. The molecule has 0 radical (unpaired) electrons. The lowest BCUT2D eigenvalue weighted by Gasteiger charge is -2.09. The van der Waals surface area contributed by atoms with E-state index in [2.05, 4.69) is 16.4 Å². The van der Waals surface area contributed by atoms with Gasteiger partial charge in [-0.05, 0) is 61.9 Å². The summed E-state index contributed by atoms with van der Waals surface area (Å²) in [4.78, 5) is 27.4. The van der Waals surface area contributed by atoms with E-state index in [4.69, 9.17) is 0 Å². The van der Waals surface area contributed by atoms with Gasteiger partial charge in [-0.2, -0.15) is 0 Å². The number of nitrogens with one attached hydrogen (secondary N) is 2. The highest BCUT2D eigenvalue weighted by atomic mass is 16.1. The van der Waals surface area contributed by atoms with Gasteiger partial charge in [-0.3, -0.25) is 9.59 Å². The highest BCUT2D eigenvalue weighted by molar-refractivity contribution is 5.94. The van der Waals surface area contributed by atoms with Crippen molar-refractivity contribution in [2.45, 2.75) is 27.2 Å². The van der Waals surface area contributed by atoms with E-state index in [1.807, 2.05) is 45.0 Å². The molecular formula is C21H22N2O2. The molecule has 2 N–H and O–H groups in total. The summed E-state index contributed by atoms with van der Waals surface area (Å²) in [5.74, 6) is -0.122. The zero-order chi connectivity index (χ0) is 18.0. The van der Waals surface area contributed by atoms with Gasteiger partial charge >= 0.3 is 0 Å². The van der Waals surface area contributed by atoms with E-state index in [-0.39, 0.29) is 11.5 Å². The summed E-state index contributed by atoms with van der Waals surface area (Å²) in [6.45, 7) is 6.44. The number of aryl methyl sites for hydroxylation is 3. The fourth-order valence-corrected chi connectivity index (χ4v) is 2.87. The number of H-pyrrole nitrogens is 1. The molecule has 0 unspecified atom stereocenters. The molecule has 0 atom stereocenters. The Morgan fingerprint density at radius 1 is 1.04 bits per heavy atom. The van der Waals surface area contributed by atoms with Crippen molar-refractivity contribution in [2.24, 2.45) is 0 Å². The summed E-state index contributed by atoms with van der Waals surface area (Å²) in [6, 6.07) is 13.4. The Bertz CT molecular complexity index is 985. The van der Waals surface area contributed by atoms with E-state index in [1.54, 1.807) is 12.1 Å². The Kier molecular flexibility index (Phi) is 4.70. The maximum Gasteiger partial charge on any atom is 0.251 e. The molecule has 0 aliphatic rings. The minimum atomic E-state index is -0.122. The minimum absolute atomic E-state index is 0.0919. The van der Waals surface area contributed by atoms with Crippen LogP contribution in [0.1, 0.15) is 32.6 Å². The lowest BCUT2D eigenvalue weighted by Crippen LogP contribution is -2.27. The summed E-state index contributed by atoms with van der Waals surface area (Å²) in [7, 11) is 0. The van der Waals surface area contributed by atoms with Crippen LogP contribution in [0.4, 0.5) is 0 Å². The van der Waals surface area contributed by atoms with Crippen molar-refractivity contribution in [1.29, 1.82) is 0 Å². The molecule has 0 saturated heterocycles. The third-order valence-electron chi connectivity index (χ3n) is 4.62. The molecular weight excluding hydrogens is 312 g/mol. The molecule has 0 spiro atoms. The van der Waals surface area contributed by atoms with Crippen LogP contribution in [0.15, 0.2) is 47.3 Å². The number of fused-ring (bicyclic) bond motifs is 1. The third kappa shape index (κ3) is 3.63. The molecule has 1 amide bonds. The van der Waals surface area contributed by atoms with Crippen molar-refractivity contribution in [3.63, 3.8) is 0 Å². The standard InChI is InChI=1S/C21H22N2O2/c1-13-4-7-16(8-5-13)20(24)22-11-10-18-12-17-9-6-14(2)15(3)19(17)23-21(18)25/h4-9,12H,10-11H2,1-3H3,(H,22,24)(H,23,25). The zero-order valence-corrected chi connectivity index (χ0v) is 14.8. The van der Waals surface area contributed by atoms with Gasteiger partial charge in [0.1, 0.15) is 0 Å². The van der Waals surface area contributed by atoms with Crippen LogP contribution in [0.25, 0.3) is 10.9 Å². The lowest BCUT2D eigenvalue weighted by atomic mass is 10.0. The van der Waals surface area contributed by atoms with Gasteiger partial charge in [0.05, 0.1) is 5.52 Å². The Labute approximate surface area is 146 Å². The van der Waals surface area contributed by atoms with Crippen molar-refractivity contribution in [2.75, 3.05) is 6.54 Å². The summed E-state index contributed by atoms with van der Waals surface area (Å²) >= 11 is 0. The number of aromatic nitrogens is 1. The fourth-order valence-electron chi connectivity index (χ4n) is 2.87. The Hall–Kier alpha value is -2.88. The smallest absolute Gasteiger partial charge is 0.251 e. The second-order valence-electron chi connectivity index (χ2n) is 6.47. The summed E-state index contributed by atoms with van der Waals surface area (Å²) in [5, 5.41) is 3.89. The fraction of sp³-hybridized carbons (Fsp3) is 0.238. The number of rotatable bonds is 4. The monoisotopic (exact) mass is 334 g/mol. The Balaban J connectivity index is 1.72. The first-order chi connectivity index (χ1) is 12.0. The van der Waals surface area contributed by atoms with Crippen LogP contribution in [0.2, 0.25) is 0 Å². The molecule has 0 bridgehead atoms. The van der Waals surface area contributed by atoms with E-state index >= 15 is 0 Å². The van der Waals surface area contributed by atoms with Gasteiger partial charge in [-0.15, -0.1) is 0 Å². The van der Waals surface area contributed by atoms with Gasteiger partial charge in [0, 0.05) is 17.7 Å². The van der Waals surface area contributed by atoms with Crippen LogP contribution in [-0.2, 0) is 6.42 Å². The van der Waals surface area contributed by atoms with E-state index in [9.17, 15) is 9.59 Å². The molecule has 0 saturated carbocycles. The lowest BCUT2D eigenvalue weighted by molar-refractivity contribution is 0.0954. The van der Waals surface area contributed by atoms with E-state index < -0.39 is 0 Å². The van der Waals surface area contributed by atoms with Crippen molar-refractivity contribution >= 4 is 16.8 Å². The molecule has 3 aromatic rings. The predicted octanol–water partition coefficient (Wildman–Crippen LogP) is 3.43. The molecule has 0 fully saturated rings. The highest BCUT2D eigenvalue weighted by Gasteiger charge is 2.08. The first-order valence-corrected chi connectivity index (χ1v) is 8.42. The molecule has 1 aromatic heterocycles. The number of benzene rings is 2. The maximum absolute atomic E-state index is 12.3. The van der Waals surface area contributed by atoms with E-state index in [0.717, 1.165) is 27.6 Å². The van der Waals surface area contributed by atoms with Gasteiger partial charge in [-0.1, -0.05) is 29.8 Å². The summed E-state index contributed by atoms with van der Waals surface area (Å²) < 4.78 is 0. The molecule has 3 rings (SSSR count). The number of hydrogen-bond donors (Lipinski definition) is 2. The van der Waals surface area contributed by atoms with Crippen LogP contribution in [0.5, 0.6) is 0 Å². The van der Waals surface area contributed by atoms with Crippen LogP contribution in [-0.4, -0.2) is 17.4 Å². The van der Waals surface area contributed by atoms with Gasteiger partial charge < -0.3 is 10.3 Å². The predicted molar refractivity (Wildman–Crippen MR) is 101 cm³/mol. The third-order valence-corrected chi connectivity index (χ3v) is 4.62. The van der Waals surface area contributed by atoms with Gasteiger partial charge in [0.15, 0.2) is 0 Å². The van der Waals surface area contributed by atoms with Crippen LogP contribution in [0, 0.1) is 20.8 Å². The Morgan fingerprint density at radius 2 is 1.76 bits per heavy atom. The molecule has 4 nitrogen and oxygen atoms in total. The molecule has 0 aliphatic carbocycles. The average Bonchev–Trinajstić information content (AvgIpc) is 2.60. The number of carbonyl (C=O) groups excluding carboxylic acids is 1. The van der Waals surface area contributed by atoms with Crippen molar-refractivity contribution in [3.8, 4) is 0 Å². The average molecular weight is 334 g/mol. The largest absolute Gasteiger partial charge is 0.352 e. The van der Waals surface area contributed by atoms with Crippen molar-refractivity contribution in [1.82, 2.24) is 10.3 Å². The topological polar surface area (TPSA) is 62.0 Å². The SMILES string of the molecule is Cc1ccc(C(=O)NCCc2cc3ccc(C)c(C)c3[nH]c2=O)cc1. The van der Waals surface area contributed by atoms with Gasteiger partial charge in [-0.25, -0.2) is 0 Å². The second-order valence-corrected chi connectivity index (χ2v) is 6.47. The normalized spacial score (nSPS) is 10.8. The molecule has 128 valence electrons. The van der Waals surface area contributed by atoms with Crippen molar-refractivity contribution < 1.29 is 4.79 Å². The quantitative estimate of drug-likeness (QED) is 0.768. The van der Waals surface area contributed by atoms with Crippen LogP contribution in [0.3, 0.4) is 0 Å². The molecule has 1 heterocycles. The number of amides is 1. The summed E-state index contributed by atoms with van der Waals surface area (Å²) in [5.41, 5.74) is 5.46. The van der Waals surface area contributed by atoms with Gasteiger partial charge in [0.2, 0.25) is 0 Å². The molecule has 4 heteroatoms. The van der Waals surface area contributed by atoms with Crippen molar-refractivity contribution in [3.05, 3.63) is 80.6 Å². The van der Waals surface area contributed by atoms with E-state index in [0.29, 0.717) is 24.1 Å². The molecule has 25 heavy (non-hydrogen) atoms. The first-order valence-electron chi connectivity index (χ1n) is 8.42. The minimum Gasteiger partial charge on any atom is -0.352 e. The van der Waals surface area contributed by atoms with Gasteiger partial charge in [0.25, 0.3) is 11.5 Å². The number of carbonyl (C=O) groups is 1. The molecule has 0 aliphatic heterocycles.